The summed E-state index contributed by atoms with van der Waals surface area (Å²) in [7, 11) is 0. The number of anilines is 1. The maximum absolute atomic E-state index is 10.6. The number of amides is 1. The van der Waals surface area contributed by atoms with Gasteiger partial charge in [-0.15, -0.1) is 0 Å². The number of phenolic OH excluding ortho intramolecular Hbond substituents is 1. The van der Waals surface area contributed by atoms with Crippen LogP contribution in [-0.4, -0.2) is 21.7 Å². The Hall–Kier alpha value is -2.53. The third-order valence-electron chi connectivity index (χ3n) is 3.02. The van der Waals surface area contributed by atoms with Gasteiger partial charge < -0.3 is 10.4 Å². The first-order valence-corrected chi connectivity index (χ1v) is 6.24. The van der Waals surface area contributed by atoms with E-state index in [9.17, 15) is 9.90 Å². The lowest BCUT2D eigenvalue weighted by Gasteiger charge is -2.06. The van der Waals surface area contributed by atoms with Crippen LogP contribution in [0.1, 0.15) is 0 Å². The van der Waals surface area contributed by atoms with Crippen LogP contribution >= 0.6 is 11.6 Å². The fourth-order valence-corrected chi connectivity index (χ4v) is 2.31. The van der Waals surface area contributed by atoms with E-state index in [0.717, 1.165) is 16.5 Å². The predicted octanol–water partition coefficient (Wildman–Crippen LogP) is 3.16. The van der Waals surface area contributed by atoms with Gasteiger partial charge in [-0.25, -0.2) is 0 Å². The van der Waals surface area contributed by atoms with E-state index in [4.69, 9.17) is 11.6 Å². The van der Waals surface area contributed by atoms with Crippen molar-refractivity contribution in [1.29, 1.82) is 0 Å². The number of phenols is 1. The van der Waals surface area contributed by atoms with Gasteiger partial charge in [0.25, 0.3) is 0 Å². The van der Waals surface area contributed by atoms with Crippen LogP contribution in [-0.2, 0) is 4.79 Å². The van der Waals surface area contributed by atoms with E-state index >= 15 is 0 Å². The second-order valence-corrected chi connectivity index (χ2v) is 4.67. The van der Waals surface area contributed by atoms with Gasteiger partial charge in [0.05, 0.1) is 5.52 Å². The molecule has 3 aromatic rings. The Morgan fingerprint density at radius 2 is 2.10 bits per heavy atom. The third-order valence-corrected chi connectivity index (χ3v) is 3.35. The smallest absolute Gasteiger partial charge is 0.212 e. The first-order chi connectivity index (χ1) is 9.69. The molecule has 100 valence electrons. The van der Waals surface area contributed by atoms with E-state index in [1.807, 2.05) is 18.2 Å². The number of hydrogen-bond acceptors (Lipinski definition) is 3. The van der Waals surface area contributed by atoms with Crippen molar-refractivity contribution in [3.05, 3.63) is 41.4 Å². The van der Waals surface area contributed by atoms with Gasteiger partial charge in [0, 0.05) is 16.0 Å². The SMILES string of the molecule is O=CNc1n[nH]c2ccc(-c3cc(O)ccc3Cl)cc12. The number of hydrogen-bond donors (Lipinski definition) is 3. The molecule has 20 heavy (non-hydrogen) atoms. The average Bonchev–Trinajstić information content (AvgIpc) is 2.84. The van der Waals surface area contributed by atoms with Crippen molar-refractivity contribution in [3.8, 4) is 16.9 Å². The molecule has 0 aliphatic rings. The fourth-order valence-electron chi connectivity index (χ4n) is 2.08. The molecule has 0 spiro atoms. The number of carbonyl (C=O) groups is 1. The van der Waals surface area contributed by atoms with E-state index < -0.39 is 0 Å². The van der Waals surface area contributed by atoms with Crippen LogP contribution in [0.5, 0.6) is 5.75 Å². The monoisotopic (exact) mass is 287 g/mol. The summed E-state index contributed by atoms with van der Waals surface area (Å²) >= 11 is 6.15. The standard InChI is InChI=1S/C14H10ClN3O2/c15-12-3-2-9(20)6-10(12)8-1-4-13-11(5-8)14(16-7-19)18-17-13/h1-7,20H,(H2,16,17,18,19). The number of fused-ring (bicyclic) bond motifs is 1. The van der Waals surface area contributed by atoms with Crippen molar-refractivity contribution < 1.29 is 9.90 Å². The highest BCUT2D eigenvalue weighted by molar-refractivity contribution is 6.33. The van der Waals surface area contributed by atoms with E-state index in [-0.39, 0.29) is 5.75 Å². The Morgan fingerprint density at radius 3 is 2.90 bits per heavy atom. The minimum atomic E-state index is 0.142. The van der Waals surface area contributed by atoms with Crippen LogP contribution in [0.2, 0.25) is 5.02 Å². The van der Waals surface area contributed by atoms with Crippen LogP contribution in [0, 0.1) is 0 Å². The van der Waals surface area contributed by atoms with Crippen molar-refractivity contribution in [2.75, 3.05) is 5.32 Å². The summed E-state index contributed by atoms with van der Waals surface area (Å²) in [6.07, 6.45) is 0.573. The molecule has 2 aromatic carbocycles. The molecule has 0 saturated heterocycles. The van der Waals surface area contributed by atoms with Crippen molar-refractivity contribution in [3.63, 3.8) is 0 Å². The zero-order valence-electron chi connectivity index (χ0n) is 10.2. The molecule has 0 aliphatic heterocycles. The van der Waals surface area contributed by atoms with Gasteiger partial charge in [0.2, 0.25) is 6.41 Å². The van der Waals surface area contributed by atoms with Gasteiger partial charge in [-0.1, -0.05) is 17.7 Å². The molecule has 0 saturated carbocycles. The number of nitrogens with zero attached hydrogens (tertiary/aromatic N) is 1. The lowest BCUT2D eigenvalue weighted by Crippen LogP contribution is -1.93. The highest BCUT2D eigenvalue weighted by Crippen LogP contribution is 2.33. The van der Waals surface area contributed by atoms with E-state index in [0.29, 0.717) is 22.8 Å². The van der Waals surface area contributed by atoms with Crippen molar-refractivity contribution >= 4 is 34.7 Å². The highest BCUT2D eigenvalue weighted by Gasteiger charge is 2.09. The number of aromatic nitrogens is 2. The number of H-pyrrole nitrogens is 1. The normalized spacial score (nSPS) is 10.7. The molecule has 0 radical (unpaired) electrons. The van der Waals surface area contributed by atoms with Crippen LogP contribution in [0.4, 0.5) is 5.82 Å². The Bertz CT molecular complexity index is 798. The molecule has 1 aromatic heterocycles. The lowest BCUT2D eigenvalue weighted by atomic mass is 10.0. The van der Waals surface area contributed by atoms with Crippen molar-refractivity contribution in [2.24, 2.45) is 0 Å². The number of rotatable bonds is 3. The van der Waals surface area contributed by atoms with Gasteiger partial charge in [-0.05, 0) is 35.9 Å². The van der Waals surface area contributed by atoms with Gasteiger partial charge in [-0.3, -0.25) is 9.89 Å². The van der Waals surface area contributed by atoms with E-state index in [2.05, 4.69) is 15.5 Å². The largest absolute Gasteiger partial charge is 0.508 e. The maximum Gasteiger partial charge on any atom is 0.212 e. The molecule has 1 amide bonds. The first-order valence-electron chi connectivity index (χ1n) is 5.86. The second kappa shape index (κ2) is 4.86. The summed E-state index contributed by atoms with van der Waals surface area (Å²) in [6.45, 7) is 0. The Kier molecular flexibility index (Phi) is 3.04. The quantitative estimate of drug-likeness (QED) is 0.648. The second-order valence-electron chi connectivity index (χ2n) is 4.26. The molecule has 5 nitrogen and oxygen atoms in total. The van der Waals surface area contributed by atoms with Gasteiger partial charge in [0.1, 0.15) is 5.75 Å². The number of halogens is 1. The molecule has 0 atom stereocenters. The lowest BCUT2D eigenvalue weighted by molar-refractivity contribution is -0.105. The summed E-state index contributed by atoms with van der Waals surface area (Å²) < 4.78 is 0. The molecule has 0 bridgehead atoms. The first kappa shape index (κ1) is 12.5. The summed E-state index contributed by atoms with van der Waals surface area (Å²) in [5.74, 6) is 0.594. The zero-order chi connectivity index (χ0) is 14.1. The van der Waals surface area contributed by atoms with Crippen LogP contribution in [0.15, 0.2) is 36.4 Å². The molecule has 3 N–H and O–H groups in total. The zero-order valence-corrected chi connectivity index (χ0v) is 11.0. The molecule has 0 unspecified atom stereocenters. The minimum absolute atomic E-state index is 0.142. The summed E-state index contributed by atoms with van der Waals surface area (Å²) in [6, 6.07) is 10.3. The summed E-state index contributed by atoms with van der Waals surface area (Å²) in [4.78, 5) is 10.6. The molecule has 0 aliphatic carbocycles. The van der Waals surface area contributed by atoms with E-state index in [1.165, 1.54) is 6.07 Å². The number of aromatic hydroxyl groups is 1. The van der Waals surface area contributed by atoms with Crippen molar-refractivity contribution in [1.82, 2.24) is 10.2 Å². The Labute approximate surface area is 119 Å². The van der Waals surface area contributed by atoms with Gasteiger partial charge in [-0.2, -0.15) is 5.10 Å². The number of nitrogens with one attached hydrogen (secondary N) is 2. The molecular weight excluding hydrogens is 278 g/mol. The maximum atomic E-state index is 10.6. The van der Waals surface area contributed by atoms with E-state index in [1.54, 1.807) is 12.1 Å². The Balaban J connectivity index is 2.18. The average molecular weight is 288 g/mol. The van der Waals surface area contributed by atoms with Crippen LogP contribution in [0.3, 0.4) is 0 Å². The Morgan fingerprint density at radius 1 is 1.25 bits per heavy atom. The van der Waals surface area contributed by atoms with Gasteiger partial charge >= 0.3 is 0 Å². The predicted molar refractivity (Wildman–Crippen MR) is 77.9 cm³/mol. The fraction of sp³-hybridized carbons (Fsp3) is 0. The molecule has 6 heteroatoms. The highest BCUT2D eigenvalue weighted by atomic mass is 35.5. The topological polar surface area (TPSA) is 78.0 Å². The number of aromatic amines is 1. The van der Waals surface area contributed by atoms with Gasteiger partial charge in [0.15, 0.2) is 5.82 Å². The summed E-state index contributed by atoms with van der Waals surface area (Å²) in [5.41, 5.74) is 2.34. The minimum Gasteiger partial charge on any atom is -0.508 e. The molecule has 3 rings (SSSR count). The number of carbonyl (C=O) groups excluding carboxylic acids is 1. The third kappa shape index (κ3) is 2.08. The summed E-state index contributed by atoms with van der Waals surface area (Å²) in [5, 5.41) is 20.2. The van der Waals surface area contributed by atoms with Crippen LogP contribution < -0.4 is 5.32 Å². The molecule has 1 heterocycles. The number of benzene rings is 2. The van der Waals surface area contributed by atoms with Crippen molar-refractivity contribution in [2.45, 2.75) is 0 Å². The molecule has 0 fully saturated rings. The van der Waals surface area contributed by atoms with Crippen LogP contribution in [0.25, 0.3) is 22.0 Å². The molecular formula is C14H10ClN3O2.